The second kappa shape index (κ2) is 6.52. The molecule has 1 N–H and O–H groups in total. The Balaban J connectivity index is 1.72. The SMILES string of the molecule is C[C@H]1C(=O)Nc2ccc(C(=O)COc3ccc([N+](=O)[O-])cc3Cl)cc21. The molecule has 1 atom stereocenters. The molecule has 0 unspecified atom stereocenters. The topological polar surface area (TPSA) is 98.5 Å². The monoisotopic (exact) mass is 360 g/mol. The lowest BCUT2D eigenvalue weighted by Gasteiger charge is -2.08. The van der Waals surface area contributed by atoms with Gasteiger partial charge in [-0.2, -0.15) is 0 Å². The molecule has 0 aromatic heterocycles. The van der Waals surface area contributed by atoms with Crippen molar-refractivity contribution in [1.29, 1.82) is 0 Å². The summed E-state index contributed by atoms with van der Waals surface area (Å²) in [4.78, 5) is 34.1. The Bertz CT molecular complexity index is 897. The first kappa shape index (κ1) is 16.9. The summed E-state index contributed by atoms with van der Waals surface area (Å²) < 4.78 is 5.37. The van der Waals surface area contributed by atoms with E-state index in [2.05, 4.69) is 5.32 Å². The van der Waals surface area contributed by atoms with Crippen molar-refractivity contribution in [2.24, 2.45) is 0 Å². The average Bonchev–Trinajstić information content (AvgIpc) is 2.87. The summed E-state index contributed by atoms with van der Waals surface area (Å²) in [7, 11) is 0. The lowest BCUT2D eigenvalue weighted by molar-refractivity contribution is -0.384. The maximum atomic E-state index is 12.3. The van der Waals surface area contributed by atoms with Crippen molar-refractivity contribution in [2.75, 3.05) is 11.9 Å². The molecular formula is C17H13ClN2O5. The van der Waals surface area contributed by atoms with E-state index in [1.807, 2.05) is 0 Å². The Labute approximate surface area is 147 Å². The van der Waals surface area contributed by atoms with Crippen molar-refractivity contribution in [2.45, 2.75) is 12.8 Å². The molecule has 128 valence electrons. The van der Waals surface area contributed by atoms with E-state index in [0.29, 0.717) is 11.3 Å². The van der Waals surface area contributed by atoms with Gasteiger partial charge in [-0.25, -0.2) is 0 Å². The molecule has 2 aromatic carbocycles. The number of rotatable bonds is 5. The van der Waals surface area contributed by atoms with Gasteiger partial charge in [0.2, 0.25) is 5.91 Å². The molecule has 1 amide bonds. The lowest BCUT2D eigenvalue weighted by Crippen LogP contribution is -2.12. The fourth-order valence-corrected chi connectivity index (χ4v) is 2.77. The second-order valence-corrected chi connectivity index (χ2v) is 6.00. The summed E-state index contributed by atoms with van der Waals surface area (Å²) in [6, 6.07) is 8.72. The number of ether oxygens (including phenoxy) is 1. The van der Waals surface area contributed by atoms with E-state index >= 15 is 0 Å². The Kier molecular flexibility index (Phi) is 4.41. The molecule has 1 aliphatic heterocycles. The Morgan fingerprint density at radius 3 is 2.76 bits per heavy atom. The number of Topliss-reactive ketones (excluding diaryl/α,β-unsaturated/α-hetero) is 1. The highest BCUT2D eigenvalue weighted by Crippen LogP contribution is 2.33. The number of ketones is 1. The van der Waals surface area contributed by atoms with Crippen LogP contribution in [0.4, 0.5) is 11.4 Å². The number of nitrogens with one attached hydrogen (secondary N) is 1. The molecule has 0 saturated carbocycles. The van der Waals surface area contributed by atoms with E-state index in [0.717, 1.165) is 11.6 Å². The number of hydrogen-bond donors (Lipinski definition) is 1. The second-order valence-electron chi connectivity index (χ2n) is 5.60. The minimum atomic E-state index is -0.568. The van der Waals surface area contributed by atoms with Gasteiger partial charge >= 0.3 is 0 Å². The van der Waals surface area contributed by atoms with Crippen LogP contribution in [0.15, 0.2) is 36.4 Å². The van der Waals surface area contributed by atoms with E-state index in [1.165, 1.54) is 12.1 Å². The molecule has 0 radical (unpaired) electrons. The quantitative estimate of drug-likeness (QED) is 0.499. The first-order valence-corrected chi connectivity index (χ1v) is 7.79. The van der Waals surface area contributed by atoms with Crippen LogP contribution in [0, 0.1) is 10.1 Å². The third kappa shape index (κ3) is 3.32. The Morgan fingerprint density at radius 1 is 1.32 bits per heavy atom. The Hall–Kier alpha value is -2.93. The third-order valence-corrected chi connectivity index (χ3v) is 4.27. The largest absolute Gasteiger partial charge is 0.484 e. The van der Waals surface area contributed by atoms with Crippen molar-refractivity contribution in [3.63, 3.8) is 0 Å². The van der Waals surface area contributed by atoms with Gasteiger partial charge < -0.3 is 10.1 Å². The molecular weight excluding hydrogens is 348 g/mol. The van der Waals surface area contributed by atoms with Crippen molar-refractivity contribution in [3.8, 4) is 5.75 Å². The zero-order chi connectivity index (χ0) is 18.1. The summed E-state index contributed by atoms with van der Waals surface area (Å²) in [6.45, 7) is 1.49. The molecule has 0 spiro atoms. The van der Waals surface area contributed by atoms with Crippen LogP contribution in [0.2, 0.25) is 5.02 Å². The first-order chi connectivity index (χ1) is 11.9. The maximum absolute atomic E-state index is 12.3. The van der Waals surface area contributed by atoms with Crippen molar-refractivity contribution in [3.05, 3.63) is 62.7 Å². The number of hydrogen-bond acceptors (Lipinski definition) is 5. The molecule has 8 heteroatoms. The molecule has 2 aromatic rings. The number of nitro groups is 1. The number of amides is 1. The number of carbonyl (C=O) groups excluding carboxylic acids is 2. The van der Waals surface area contributed by atoms with Gasteiger partial charge in [0.1, 0.15) is 5.75 Å². The van der Waals surface area contributed by atoms with Gasteiger partial charge in [-0.15, -0.1) is 0 Å². The van der Waals surface area contributed by atoms with Crippen molar-refractivity contribution < 1.29 is 19.2 Å². The number of benzene rings is 2. The number of halogens is 1. The highest BCUT2D eigenvalue weighted by atomic mass is 35.5. The smallest absolute Gasteiger partial charge is 0.271 e. The van der Waals surface area contributed by atoms with Gasteiger partial charge in [0.05, 0.1) is 15.9 Å². The van der Waals surface area contributed by atoms with Gasteiger partial charge in [0.25, 0.3) is 5.69 Å². The van der Waals surface area contributed by atoms with Crippen LogP contribution >= 0.6 is 11.6 Å². The minimum Gasteiger partial charge on any atom is -0.484 e. The van der Waals surface area contributed by atoms with E-state index in [-0.39, 0.29) is 40.7 Å². The summed E-state index contributed by atoms with van der Waals surface area (Å²) in [5, 5.41) is 13.5. The molecule has 0 fully saturated rings. The number of carbonyl (C=O) groups is 2. The van der Waals surface area contributed by atoms with Crippen LogP contribution in [0.25, 0.3) is 0 Å². The summed E-state index contributed by atoms with van der Waals surface area (Å²) in [5.74, 6) is -0.517. The molecule has 3 rings (SSSR count). The van der Waals surface area contributed by atoms with Crippen molar-refractivity contribution in [1.82, 2.24) is 0 Å². The molecule has 0 bridgehead atoms. The molecule has 0 aliphatic carbocycles. The van der Waals surface area contributed by atoms with Gasteiger partial charge in [0, 0.05) is 23.4 Å². The van der Waals surface area contributed by atoms with Crippen LogP contribution in [-0.4, -0.2) is 23.2 Å². The highest BCUT2D eigenvalue weighted by molar-refractivity contribution is 6.32. The Morgan fingerprint density at radius 2 is 2.08 bits per heavy atom. The van der Waals surface area contributed by atoms with E-state index in [9.17, 15) is 19.7 Å². The molecule has 1 aliphatic rings. The van der Waals surface area contributed by atoms with E-state index in [4.69, 9.17) is 16.3 Å². The van der Waals surface area contributed by atoms with Crippen LogP contribution in [0.5, 0.6) is 5.75 Å². The predicted octanol–water partition coefficient (Wildman–Crippen LogP) is 3.57. The number of fused-ring (bicyclic) bond motifs is 1. The lowest BCUT2D eigenvalue weighted by atomic mass is 9.99. The minimum absolute atomic E-state index is 0.0550. The average molecular weight is 361 g/mol. The van der Waals surface area contributed by atoms with Crippen LogP contribution in [0.3, 0.4) is 0 Å². The highest BCUT2D eigenvalue weighted by Gasteiger charge is 2.27. The van der Waals surface area contributed by atoms with E-state index in [1.54, 1.807) is 25.1 Å². The zero-order valence-corrected chi connectivity index (χ0v) is 13.9. The predicted molar refractivity (Wildman–Crippen MR) is 91.4 cm³/mol. The van der Waals surface area contributed by atoms with Crippen LogP contribution in [-0.2, 0) is 4.79 Å². The third-order valence-electron chi connectivity index (χ3n) is 3.98. The van der Waals surface area contributed by atoms with Crippen LogP contribution in [0.1, 0.15) is 28.8 Å². The first-order valence-electron chi connectivity index (χ1n) is 7.41. The fourth-order valence-electron chi connectivity index (χ4n) is 2.54. The molecule has 7 nitrogen and oxygen atoms in total. The summed E-state index contributed by atoms with van der Waals surface area (Å²) in [6.07, 6.45) is 0. The number of non-ortho nitro benzene ring substituents is 1. The molecule has 1 heterocycles. The van der Waals surface area contributed by atoms with Crippen molar-refractivity contribution >= 4 is 34.7 Å². The van der Waals surface area contributed by atoms with E-state index < -0.39 is 4.92 Å². The van der Waals surface area contributed by atoms with Gasteiger partial charge in [-0.05, 0) is 36.8 Å². The number of anilines is 1. The standard InChI is InChI=1S/C17H13ClN2O5/c1-9-12-6-10(2-4-14(12)19-17(9)22)15(21)8-25-16-5-3-11(20(23)24)7-13(16)18/h2-7,9H,8H2,1H3,(H,19,22)/t9-/m1/s1. The zero-order valence-electron chi connectivity index (χ0n) is 13.1. The summed E-state index contributed by atoms with van der Waals surface area (Å²) >= 11 is 5.93. The molecule has 25 heavy (non-hydrogen) atoms. The fraction of sp³-hybridized carbons (Fsp3) is 0.176. The molecule has 0 saturated heterocycles. The number of nitro benzene ring substituents is 1. The van der Waals surface area contributed by atoms with Crippen LogP contribution < -0.4 is 10.1 Å². The van der Waals surface area contributed by atoms with Gasteiger partial charge in [0.15, 0.2) is 12.4 Å². The normalized spacial score (nSPS) is 15.4. The maximum Gasteiger partial charge on any atom is 0.271 e. The number of nitrogens with zero attached hydrogens (tertiary/aromatic N) is 1. The summed E-state index contributed by atoms with van der Waals surface area (Å²) in [5.41, 5.74) is 1.73. The van der Waals surface area contributed by atoms with Gasteiger partial charge in [-0.3, -0.25) is 19.7 Å². The van der Waals surface area contributed by atoms with Gasteiger partial charge in [-0.1, -0.05) is 11.6 Å².